The number of hydrogen-bond donors (Lipinski definition) is 1. The van der Waals surface area contributed by atoms with Crippen LogP contribution in [0.3, 0.4) is 0 Å². The molecule has 1 aromatic rings. The number of carbonyl (C=O) groups excluding carboxylic acids is 2. The second-order valence-electron chi connectivity index (χ2n) is 12.3. The number of ketones is 1. The summed E-state index contributed by atoms with van der Waals surface area (Å²) in [5.74, 6) is 7.68. The lowest BCUT2D eigenvalue weighted by atomic mass is 9.51. The van der Waals surface area contributed by atoms with Crippen LogP contribution in [0.15, 0.2) is 47.1 Å². The van der Waals surface area contributed by atoms with Crippen LogP contribution >= 0.6 is 0 Å². The largest absolute Gasteiger partial charge is 0.377 e. The minimum atomic E-state index is -0.968. The molecule has 0 bridgehead atoms. The highest BCUT2D eigenvalue weighted by atomic mass is 16.3. The summed E-state index contributed by atoms with van der Waals surface area (Å²) in [5.41, 5.74) is 5.09. The molecule has 1 N–H and O–H groups in total. The predicted octanol–water partition coefficient (Wildman–Crippen LogP) is 6.88. The third-order valence-electron chi connectivity index (χ3n) is 10.3. The number of unbranched alkanes of at least 4 members (excludes halogenated alkanes) is 2. The zero-order valence-corrected chi connectivity index (χ0v) is 23.6. The first-order chi connectivity index (χ1) is 18.2. The number of allylic oxidation sites excluding steroid dienone is 4. The van der Waals surface area contributed by atoms with Gasteiger partial charge in [0.1, 0.15) is 5.60 Å². The summed E-state index contributed by atoms with van der Waals surface area (Å²) in [5, 5.41) is 11.8. The number of rotatable bonds is 6. The summed E-state index contributed by atoms with van der Waals surface area (Å²) < 4.78 is 0. The Morgan fingerprint density at radius 3 is 2.61 bits per heavy atom. The van der Waals surface area contributed by atoms with Crippen LogP contribution < -0.4 is 4.90 Å². The van der Waals surface area contributed by atoms with E-state index in [9.17, 15) is 14.7 Å². The van der Waals surface area contributed by atoms with Crippen molar-refractivity contribution in [2.45, 2.75) is 103 Å². The fourth-order valence-electron chi connectivity index (χ4n) is 8.14. The van der Waals surface area contributed by atoms with Gasteiger partial charge in [0.25, 0.3) is 0 Å². The zero-order chi connectivity index (χ0) is 27.1. The molecule has 5 atom stereocenters. The summed E-state index contributed by atoms with van der Waals surface area (Å²) in [6.07, 6.45) is 11.6. The van der Waals surface area contributed by atoms with Gasteiger partial charge in [-0.2, -0.15) is 0 Å². The van der Waals surface area contributed by atoms with Crippen LogP contribution in [-0.2, 0) is 9.59 Å². The highest BCUT2D eigenvalue weighted by Crippen LogP contribution is 2.66. The highest BCUT2D eigenvalue weighted by molar-refractivity contribution is 5.93. The Labute approximate surface area is 228 Å². The average molecular weight is 514 g/mol. The lowest BCUT2D eigenvalue weighted by Crippen LogP contribution is -2.51. The molecule has 4 aliphatic rings. The summed E-state index contributed by atoms with van der Waals surface area (Å²) in [7, 11) is 1.87. The Morgan fingerprint density at radius 1 is 1.13 bits per heavy atom. The van der Waals surface area contributed by atoms with Crippen LogP contribution in [0.4, 0.5) is 5.69 Å². The average Bonchev–Trinajstić information content (AvgIpc) is 3.17. The first-order valence-electron chi connectivity index (χ1n) is 14.7. The van der Waals surface area contributed by atoms with Crippen molar-refractivity contribution >= 4 is 17.4 Å². The van der Waals surface area contributed by atoms with Gasteiger partial charge in [-0.25, -0.2) is 0 Å². The van der Waals surface area contributed by atoms with Crippen molar-refractivity contribution in [1.29, 1.82) is 0 Å². The molecular formula is C34H43NO3. The fraction of sp³-hybridized carbons (Fsp3) is 0.588. The minimum Gasteiger partial charge on any atom is -0.377 e. The first-order valence-corrected chi connectivity index (χ1v) is 14.7. The normalized spacial score (nSPS) is 32.0. The summed E-state index contributed by atoms with van der Waals surface area (Å²) >= 11 is 0. The molecule has 5 rings (SSSR count). The van der Waals surface area contributed by atoms with E-state index in [1.807, 2.05) is 20.0 Å². The SMILES string of the molecule is CC#C[C@]1(O)CC[C@H]2[C@@H]3CCC4=CC(=O)CCC4=C3[C@@H](c3ccc(N(C)C(=O)CCCCC)cc3)C[C@@]21C. The zero-order valence-electron chi connectivity index (χ0n) is 23.6. The monoisotopic (exact) mass is 513 g/mol. The maximum atomic E-state index is 12.7. The summed E-state index contributed by atoms with van der Waals surface area (Å²) in [6.45, 7) is 6.26. The second-order valence-corrected chi connectivity index (χ2v) is 12.3. The molecule has 2 fully saturated rings. The summed E-state index contributed by atoms with van der Waals surface area (Å²) in [6, 6.07) is 8.54. The van der Waals surface area contributed by atoms with Crippen LogP contribution in [0.25, 0.3) is 0 Å². The molecule has 4 heteroatoms. The topological polar surface area (TPSA) is 57.6 Å². The Balaban J connectivity index is 1.53. The Bertz CT molecular complexity index is 1230. The van der Waals surface area contributed by atoms with Crippen LogP contribution in [0.2, 0.25) is 0 Å². The molecule has 2 saturated carbocycles. The number of benzene rings is 1. The predicted molar refractivity (Wildman–Crippen MR) is 153 cm³/mol. The van der Waals surface area contributed by atoms with Gasteiger partial charge in [-0.3, -0.25) is 9.59 Å². The molecule has 0 heterocycles. The molecule has 4 aliphatic carbocycles. The molecule has 0 radical (unpaired) electrons. The fourth-order valence-corrected chi connectivity index (χ4v) is 8.14. The van der Waals surface area contributed by atoms with Crippen molar-refractivity contribution in [3.8, 4) is 11.8 Å². The molecule has 1 aromatic carbocycles. The van der Waals surface area contributed by atoms with E-state index in [0.717, 1.165) is 63.5 Å². The molecular weight excluding hydrogens is 470 g/mol. The lowest BCUT2D eigenvalue weighted by molar-refractivity contribution is -0.118. The molecule has 0 aliphatic heterocycles. The maximum Gasteiger partial charge on any atom is 0.226 e. The number of fused-ring (bicyclic) bond motifs is 4. The maximum absolute atomic E-state index is 12.7. The van der Waals surface area contributed by atoms with E-state index in [4.69, 9.17) is 0 Å². The van der Waals surface area contributed by atoms with Crippen molar-refractivity contribution in [2.24, 2.45) is 17.3 Å². The van der Waals surface area contributed by atoms with Crippen molar-refractivity contribution in [3.63, 3.8) is 0 Å². The van der Waals surface area contributed by atoms with Crippen LogP contribution in [-0.4, -0.2) is 29.4 Å². The number of aliphatic hydroxyl groups is 1. The van der Waals surface area contributed by atoms with Crippen LogP contribution in [0.1, 0.15) is 103 Å². The Morgan fingerprint density at radius 2 is 1.89 bits per heavy atom. The Hall–Kier alpha value is -2.64. The van der Waals surface area contributed by atoms with Gasteiger partial charge in [0, 0.05) is 36.9 Å². The van der Waals surface area contributed by atoms with Gasteiger partial charge in [0.05, 0.1) is 0 Å². The smallest absolute Gasteiger partial charge is 0.226 e. The first kappa shape index (κ1) is 26.9. The van der Waals surface area contributed by atoms with Crippen LogP contribution in [0, 0.1) is 29.1 Å². The van der Waals surface area contributed by atoms with Gasteiger partial charge in [-0.1, -0.05) is 50.3 Å². The van der Waals surface area contributed by atoms with Crippen molar-refractivity contribution in [1.82, 2.24) is 0 Å². The van der Waals surface area contributed by atoms with E-state index < -0.39 is 5.60 Å². The Kier molecular flexibility index (Phi) is 7.44. The van der Waals surface area contributed by atoms with Gasteiger partial charge in [0.2, 0.25) is 5.91 Å². The van der Waals surface area contributed by atoms with Crippen molar-refractivity contribution < 1.29 is 14.7 Å². The number of nitrogens with zero attached hydrogens (tertiary/aromatic N) is 1. The van der Waals surface area contributed by atoms with Gasteiger partial charge in [-0.15, -0.1) is 5.92 Å². The van der Waals surface area contributed by atoms with Crippen LogP contribution in [0.5, 0.6) is 0 Å². The van der Waals surface area contributed by atoms with Gasteiger partial charge in [0.15, 0.2) is 5.78 Å². The molecule has 4 nitrogen and oxygen atoms in total. The molecule has 0 unspecified atom stereocenters. The molecule has 38 heavy (non-hydrogen) atoms. The number of hydrogen-bond acceptors (Lipinski definition) is 3. The van der Waals surface area contributed by atoms with Gasteiger partial charge < -0.3 is 10.0 Å². The third kappa shape index (κ3) is 4.47. The highest BCUT2D eigenvalue weighted by Gasteiger charge is 2.62. The number of amides is 1. The quantitative estimate of drug-likeness (QED) is 0.333. The molecule has 202 valence electrons. The second kappa shape index (κ2) is 10.5. The van der Waals surface area contributed by atoms with Gasteiger partial charge >= 0.3 is 0 Å². The molecule has 1 amide bonds. The number of anilines is 1. The van der Waals surface area contributed by atoms with Crippen molar-refractivity contribution in [3.05, 3.63) is 52.6 Å². The van der Waals surface area contributed by atoms with E-state index in [1.165, 1.54) is 22.3 Å². The third-order valence-corrected chi connectivity index (χ3v) is 10.3. The van der Waals surface area contributed by atoms with E-state index in [2.05, 4.69) is 50.0 Å². The van der Waals surface area contributed by atoms with E-state index in [-0.39, 0.29) is 23.0 Å². The standard InChI is InChI=1S/C34H43NO3/c1-5-7-8-9-31(37)35(4)25-13-10-23(11-14-25)29-22-33(3)30(18-20-34(33,38)19-6-2)28-16-12-24-21-26(36)15-17-27(24)32(28)29/h10-11,13-14,21,28-30,38H,5,7-9,12,15-18,20,22H2,1-4H3/t28-,29+,30-,33-,34-/m0/s1. The molecule has 0 aromatic heterocycles. The van der Waals surface area contributed by atoms with E-state index in [0.29, 0.717) is 24.7 Å². The minimum absolute atomic E-state index is 0.160. The summed E-state index contributed by atoms with van der Waals surface area (Å²) in [4.78, 5) is 26.8. The molecule has 0 spiro atoms. The van der Waals surface area contributed by atoms with Gasteiger partial charge in [-0.05, 0) is 98.6 Å². The van der Waals surface area contributed by atoms with E-state index >= 15 is 0 Å². The lowest BCUT2D eigenvalue weighted by Gasteiger charge is -2.53. The molecule has 0 saturated heterocycles. The number of carbonyl (C=O) groups is 2. The van der Waals surface area contributed by atoms with Crippen molar-refractivity contribution in [2.75, 3.05) is 11.9 Å². The van der Waals surface area contributed by atoms with E-state index in [1.54, 1.807) is 4.90 Å².